The number of methoxy groups -OCH3 is 2. The lowest BCUT2D eigenvalue weighted by molar-refractivity contribution is -0.139. The maximum atomic E-state index is 11.4. The second-order valence-electron chi connectivity index (χ2n) is 4.14. The third-order valence-corrected chi connectivity index (χ3v) is 3.91. The van der Waals surface area contributed by atoms with Gasteiger partial charge in [0.2, 0.25) is 0 Å². The minimum Gasteiger partial charge on any atom is -0.497 e. The van der Waals surface area contributed by atoms with Crippen molar-refractivity contribution in [3.8, 4) is 5.75 Å². The lowest BCUT2D eigenvalue weighted by Crippen LogP contribution is -2.05. The van der Waals surface area contributed by atoms with Crippen LogP contribution in [0.1, 0.15) is 5.56 Å². The van der Waals surface area contributed by atoms with E-state index in [2.05, 4.69) is 0 Å². The summed E-state index contributed by atoms with van der Waals surface area (Å²) in [5, 5.41) is 0. The first-order chi connectivity index (χ1) is 9.72. The molecule has 2 rings (SSSR count). The Kier molecular flexibility index (Phi) is 5.07. The third kappa shape index (κ3) is 3.78. The Morgan fingerprint density at radius 2 is 1.90 bits per heavy atom. The van der Waals surface area contributed by atoms with E-state index in [4.69, 9.17) is 9.47 Å². The Morgan fingerprint density at radius 3 is 2.65 bits per heavy atom. The number of ether oxygens (including phenoxy) is 2. The molecule has 0 amide bonds. The molecule has 0 heterocycles. The van der Waals surface area contributed by atoms with Gasteiger partial charge in [0.15, 0.2) is 0 Å². The zero-order chi connectivity index (χ0) is 14.4. The zero-order valence-corrected chi connectivity index (χ0v) is 12.3. The maximum Gasteiger partial charge on any atom is 0.310 e. The van der Waals surface area contributed by atoms with Crippen molar-refractivity contribution in [2.45, 2.75) is 16.2 Å². The minimum absolute atomic E-state index is 0.233. The van der Waals surface area contributed by atoms with Gasteiger partial charge < -0.3 is 9.47 Å². The summed E-state index contributed by atoms with van der Waals surface area (Å²) in [4.78, 5) is 13.6. The van der Waals surface area contributed by atoms with Gasteiger partial charge in [0.05, 0.1) is 20.6 Å². The number of carbonyl (C=O) groups is 1. The molecule has 0 radical (unpaired) electrons. The summed E-state index contributed by atoms with van der Waals surface area (Å²) in [6, 6.07) is 15.7. The normalized spacial score (nSPS) is 10.1. The molecule has 0 aliphatic carbocycles. The Labute approximate surface area is 122 Å². The van der Waals surface area contributed by atoms with Crippen molar-refractivity contribution in [3.63, 3.8) is 0 Å². The van der Waals surface area contributed by atoms with Crippen LogP contribution in [-0.2, 0) is 16.0 Å². The number of esters is 1. The van der Waals surface area contributed by atoms with Gasteiger partial charge >= 0.3 is 5.97 Å². The van der Waals surface area contributed by atoms with E-state index in [-0.39, 0.29) is 12.4 Å². The van der Waals surface area contributed by atoms with Gasteiger partial charge in [0.1, 0.15) is 5.75 Å². The van der Waals surface area contributed by atoms with Crippen molar-refractivity contribution < 1.29 is 14.3 Å². The first-order valence-corrected chi connectivity index (χ1v) is 7.01. The van der Waals surface area contributed by atoms with E-state index in [1.54, 1.807) is 18.9 Å². The van der Waals surface area contributed by atoms with E-state index < -0.39 is 0 Å². The molecule has 0 bridgehead atoms. The van der Waals surface area contributed by atoms with Crippen molar-refractivity contribution in [2.24, 2.45) is 0 Å². The van der Waals surface area contributed by atoms with Crippen LogP contribution in [0.15, 0.2) is 58.3 Å². The highest BCUT2D eigenvalue weighted by Gasteiger charge is 2.09. The molecular weight excluding hydrogens is 272 g/mol. The number of hydrogen-bond donors (Lipinski definition) is 0. The van der Waals surface area contributed by atoms with Gasteiger partial charge in [-0.15, -0.1) is 0 Å². The molecular formula is C16H16O3S. The molecule has 2 aromatic carbocycles. The van der Waals surface area contributed by atoms with Crippen LogP contribution in [0.2, 0.25) is 0 Å². The molecule has 104 valence electrons. The SMILES string of the molecule is COC(=O)Cc1ccccc1Sc1cccc(OC)c1. The molecule has 0 saturated carbocycles. The molecule has 0 N–H and O–H groups in total. The number of hydrogen-bond acceptors (Lipinski definition) is 4. The van der Waals surface area contributed by atoms with Gasteiger partial charge in [-0.3, -0.25) is 4.79 Å². The summed E-state index contributed by atoms with van der Waals surface area (Å²) in [6.07, 6.45) is 0.281. The molecule has 0 aromatic heterocycles. The third-order valence-electron chi connectivity index (χ3n) is 2.80. The lowest BCUT2D eigenvalue weighted by atomic mass is 10.1. The number of carbonyl (C=O) groups excluding carboxylic acids is 1. The molecule has 2 aromatic rings. The summed E-state index contributed by atoms with van der Waals surface area (Å²) in [7, 11) is 3.05. The van der Waals surface area contributed by atoms with Crippen LogP contribution in [0.5, 0.6) is 5.75 Å². The summed E-state index contributed by atoms with van der Waals surface area (Å²) in [6.45, 7) is 0. The van der Waals surface area contributed by atoms with Gasteiger partial charge in [0.25, 0.3) is 0 Å². The summed E-state index contributed by atoms with van der Waals surface area (Å²) < 4.78 is 9.94. The zero-order valence-electron chi connectivity index (χ0n) is 11.5. The molecule has 0 unspecified atom stereocenters. The standard InChI is InChI=1S/C16H16O3S/c1-18-13-7-5-8-14(11-13)20-15-9-4-3-6-12(15)10-16(17)19-2/h3-9,11H,10H2,1-2H3. The highest BCUT2D eigenvalue weighted by Crippen LogP contribution is 2.32. The van der Waals surface area contributed by atoms with Gasteiger partial charge in [-0.25, -0.2) is 0 Å². The topological polar surface area (TPSA) is 35.5 Å². The van der Waals surface area contributed by atoms with E-state index in [0.29, 0.717) is 0 Å². The van der Waals surface area contributed by atoms with Crippen molar-refractivity contribution in [1.82, 2.24) is 0 Å². The van der Waals surface area contributed by atoms with Gasteiger partial charge in [-0.2, -0.15) is 0 Å². The molecule has 20 heavy (non-hydrogen) atoms. The Hall–Kier alpha value is -1.94. The molecule has 4 heteroatoms. The largest absolute Gasteiger partial charge is 0.497 e. The average molecular weight is 288 g/mol. The van der Waals surface area contributed by atoms with E-state index in [1.807, 2.05) is 48.5 Å². The number of rotatable bonds is 5. The fourth-order valence-electron chi connectivity index (χ4n) is 1.77. The molecule has 0 fully saturated rings. The van der Waals surface area contributed by atoms with E-state index >= 15 is 0 Å². The predicted octanol–water partition coefficient (Wildman–Crippen LogP) is 3.56. The van der Waals surface area contributed by atoms with Crippen molar-refractivity contribution in [2.75, 3.05) is 14.2 Å². The molecule has 0 atom stereocenters. The first-order valence-electron chi connectivity index (χ1n) is 6.19. The highest BCUT2D eigenvalue weighted by atomic mass is 32.2. The Bertz CT molecular complexity index is 596. The van der Waals surface area contributed by atoms with Crippen LogP contribution in [-0.4, -0.2) is 20.2 Å². The van der Waals surface area contributed by atoms with Crippen molar-refractivity contribution >= 4 is 17.7 Å². The van der Waals surface area contributed by atoms with Gasteiger partial charge in [0, 0.05) is 9.79 Å². The van der Waals surface area contributed by atoms with Crippen LogP contribution in [0.4, 0.5) is 0 Å². The number of benzene rings is 2. The van der Waals surface area contributed by atoms with E-state index in [0.717, 1.165) is 21.1 Å². The molecule has 0 spiro atoms. The van der Waals surface area contributed by atoms with Gasteiger partial charge in [-0.1, -0.05) is 36.0 Å². The van der Waals surface area contributed by atoms with Crippen LogP contribution in [0.3, 0.4) is 0 Å². The second-order valence-corrected chi connectivity index (χ2v) is 5.26. The Morgan fingerprint density at radius 1 is 1.10 bits per heavy atom. The quantitative estimate of drug-likeness (QED) is 0.788. The molecule has 0 aliphatic rings. The van der Waals surface area contributed by atoms with Crippen LogP contribution in [0.25, 0.3) is 0 Å². The fraction of sp³-hybridized carbons (Fsp3) is 0.188. The lowest BCUT2D eigenvalue weighted by Gasteiger charge is -2.09. The Balaban J connectivity index is 2.22. The smallest absolute Gasteiger partial charge is 0.310 e. The first kappa shape index (κ1) is 14.5. The fourth-order valence-corrected chi connectivity index (χ4v) is 2.76. The van der Waals surface area contributed by atoms with Crippen LogP contribution < -0.4 is 4.74 Å². The maximum absolute atomic E-state index is 11.4. The van der Waals surface area contributed by atoms with Crippen LogP contribution >= 0.6 is 11.8 Å². The highest BCUT2D eigenvalue weighted by molar-refractivity contribution is 7.99. The molecule has 3 nitrogen and oxygen atoms in total. The van der Waals surface area contributed by atoms with Crippen molar-refractivity contribution in [1.29, 1.82) is 0 Å². The van der Waals surface area contributed by atoms with Crippen molar-refractivity contribution in [3.05, 3.63) is 54.1 Å². The average Bonchev–Trinajstić information content (AvgIpc) is 2.49. The predicted molar refractivity (Wildman–Crippen MR) is 79.3 cm³/mol. The summed E-state index contributed by atoms with van der Waals surface area (Å²) >= 11 is 1.61. The summed E-state index contributed by atoms with van der Waals surface area (Å²) in [5.41, 5.74) is 0.965. The van der Waals surface area contributed by atoms with Crippen LogP contribution in [0, 0.1) is 0 Å². The van der Waals surface area contributed by atoms with Gasteiger partial charge in [-0.05, 0) is 29.8 Å². The molecule has 0 aliphatic heterocycles. The monoisotopic (exact) mass is 288 g/mol. The molecule has 0 saturated heterocycles. The summed E-state index contributed by atoms with van der Waals surface area (Å²) in [5.74, 6) is 0.587. The second kappa shape index (κ2) is 7.01. The van der Waals surface area contributed by atoms with E-state index in [9.17, 15) is 4.79 Å². The van der Waals surface area contributed by atoms with E-state index in [1.165, 1.54) is 7.11 Å². The minimum atomic E-state index is -0.233.